The molecule has 0 saturated carbocycles. The van der Waals surface area contributed by atoms with E-state index in [1.54, 1.807) is 25.1 Å². The SMILES string of the molecule is Cc1cccc(N)c1S(=O)(=O)N1CCCCC1CO. The number of anilines is 1. The Morgan fingerprint density at radius 2 is 2.16 bits per heavy atom. The Bertz CT molecular complexity index is 537. The first kappa shape index (κ1) is 14.3. The van der Waals surface area contributed by atoms with E-state index < -0.39 is 10.0 Å². The summed E-state index contributed by atoms with van der Waals surface area (Å²) in [5, 5.41) is 9.37. The first-order valence-corrected chi connectivity index (χ1v) is 7.90. The summed E-state index contributed by atoms with van der Waals surface area (Å²) < 4.78 is 26.9. The standard InChI is InChI=1S/C13H20N2O3S/c1-10-5-4-7-12(14)13(10)19(17,18)15-8-3-2-6-11(15)9-16/h4-5,7,11,16H,2-3,6,8-9,14H2,1H3. The van der Waals surface area contributed by atoms with Crippen molar-refractivity contribution in [3.63, 3.8) is 0 Å². The monoisotopic (exact) mass is 284 g/mol. The van der Waals surface area contributed by atoms with Crippen LogP contribution in [0.2, 0.25) is 0 Å². The second kappa shape index (κ2) is 5.48. The molecule has 1 atom stereocenters. The van der Waals surface area contributed by atoms with Crippen LogP contribution < -0.4 is 5.73 Å². The molecule has 0 aromatic heterocycles. The van der Waals surface area contributed by atoms with E-state index >= 15 is 0 Å². The number of nitrogen functional groups attached to an aromatic ring is 1. The van der Waals surface area contributed by atoms with E-state index in [0.29, 0.717) is 18.5 Å². The van der Waals surface area contributed by atoms with Crippen LogP contribution in [-0.2, 0) is 10.0 Å². The van der Waals surface area contributed by atoms with Gasteiger partial charge in [-0.05, 0) is 31.4 Å². The van der Waals surface area contributed by atoms with E-state index in [1.807, 2.05) is 0 Å². The lowest BCUT2D eigenvalue weighted by Crippen LogP contribution is -2.45. The number of aryl methyl sites for hydroxylation is 1. The van der Waals surface area contributed by atoms with Crippen molar-refractivity contribution < 1.29 is 13.5 Å². The Balaban J connectivity index is 2.47. The van der Waals surface area contributed by atoms with Crippen LogP contribution in [0, 0.1) is 6.92 Å². The van der Waals surface area contributed by atoms with E-state index in [0.717, 1.165) is 12.8 Å². The van der Waals surface area contributed by atoms with Gasteiger partial charge in [-0.15, -0.1) is 0 Å². The number of hydrogen-bond acceptors (Lipinski definition) is 4. The minimum absolute atomic E-state index is 0.148. The summed E-state index contributed by atoms with van der Waals surface area (Å²) in [6.07, 6.45) is 2.46. The lowest BCUT2D eigenvalue weighted by Gasteiger charge is -2.34. The van der Waals surface area contributed by atoms with Gasteiger partial charge in [0.1, 0.15) is 4.90 Å². The molecule has 2 rings (SSSR count). The van der Waals surface area contributed by atoms with Gasteiger partial charge >= 0.3 is 0 Å². The average molecular weight is 284 g/mol. The zero-order valence-corrected chi connectivity index (χ0v) is 11.9. The minimum atomic E-state index is -3.64. The van der Waals surface area contributed by atoms with Crippen molar-refractivity contribution in [3.8, 4) is 0 Å². The molecule has 0 amide bonds. The number of hydrogen-bond donors (Lipinski definition) is 2. The summed E-state index contributed by atoms with van der Waals surface area (Å²) >= 11 is 0. The highest BCUT2D eigenvalue weighted by Gasteiger charge is 2.34. The maximum Gasteiger partial charge on any atom is 0.245 e. The predicted octanol–water partition coefficient (Wildman–Crippen LogP) is 1.11. The molecule has 1 aliphatic heterocycles. The topological polar surface area (TPSA) is 83.6 Å². The van der Waals surface area contributed by atoms with Gasteiger partial charge in [-0.3, -0.25) is 0 Å². The third-order valence-electron chi connectivity index (χ3n) is 3.59. The number of piperidine rings is 1. The number of rotatable bonds is 3. The summed E-state index contributed by atoms with van der Waals surface area (Å²) in [6.45, 7) is 2.04. The van der Waals surface area contributed by atoms with Gasteiger partial charge in [0.05, 0.1) is 12.3 Å². The maximum absolute atomic E-state index is 12.7. The predicted molar refractivity (Wildman–Crippen MR) is 74.2 cm³/mol. The van der Waals surface area contributed by atoms with Crippen molar-refractivity contribution in [2.45, 2.75) is 37.1 Å². The molecule has 5 nitrogen and oxygen atoms in total. The summed E-state index contributed by atoms with van der Waals surface area (Å²) in [6, 6.07) is 4.74. The fourth-order valence-corrected chi connectivity index (χ4v) is 4.63. The second-order valence-corrected chi connectivity index (χ2v) is 6.77. The molecule has 6 heteroatoms. The number of nitrogens with zero attached hydrogens (tertiary/aromatic N) is 1. The molecule has 1 unspecified atom stereocenters. The van der Waals surface area contributed by atoms with Crippen LogP contribution in [0.3, 0.4) is 0 Å². The first-order chi connectivity index (χ1) is 8.98. The smallest absolute Gasteiger partial charge is 0.245 e. The summed E-state index contributed by atoms with van der Waals surface area (Å²) in [7, 11) is -3.64. The maximum atomic E-state index is 12.7. The normalized spacial score (nSPS) is 21.5. The molecule has 0 spiro atoms. The van der Waals surface area contributed by atoms with Crippen molar-refractivity contribution in [1.82, 2.24) is 4.31 Å². The van der Waals surface area contributed by atoms with Crippen molar-refractivity contribution in [1.29, 1.82) is 0 Å². The van der Waals surface area contributed by atoms with Crippen LogP contribution in [0.15, 0.2) is 23.1 Å². The summed E-state index contributed by atoms with van der Waals surface area (Å²) in [5.41, 5.74) is 6.74. The van der Waals surface area contributed by atoms with Crippen LogP contribution in [0.4, 0.5) is 5.69 Å². The van der Waals surface area contributed by atoms with Gasteiger partial charge in [-0.2, -0.15) is 4.31 Å². The van der Waals surface area contributed by atoms with Crippen molar-refractivity contribution in [3.05, 3.63) is 23.8 Å². The molecule has 0 aliphatic carbocycles. The Labute approximate surface area is 114 Å². The van der Waals surface area contributed by atoms with Crippen LogP contribution >= 0.6 is 0 Å². The van der Waals surface area contributed by atoms with E-state index in [2.05, 4.69) is 0 Å². The highest BCUT2D eigenvalue weighted by Crippen LogP contribution is 2.30. The third kappa shape index (κ3) is 2.61. The molecule has 19 heavy (non-hydrogen) atoms. The zero-order chi connectivity index (χ0) is 14.0. The van der Waals surface area contributed by atoms with Crippen molar-refractivity contribution in [2.24, 2.45) is 0 Å². The lowest BCUT2D eigenvalue weighted by atomic mass is 10.1. The number of aliphatic hydroxyl groups excluding tert-OH is 1. The minimum Gasteiger partial charge on any atom is -0.398 e. The van der Waals surface area contributed by atoms with E-state index in [9.17, 15) is 13.5 Å². The fourth-order valence-electron chi connectivity index (χ4n) is 2.62. The largest absolute Gasteiger partial charge is 0.398 e. The van der Waals surface area contributed by atoms with E-state index in [1.165, 1.54) is 4.31 Å². The van der Waals surface area contributed by atoms with Crippen LogP contribution in [-0.4, -0.2) is 37.0 Å². The van der Waals surface area contributed by atoms with Gasteiger partial charge in [0.25, 0.3) is 0 Å². The van der Waals surface area contributed by atoms with Crippen molar-refractivity contribution in [2.75, 3.05) is 18.9 Å². The number of aliphatic hydroxyl groups is 1. The lowest BCUT2D eigenvalue weighted by molar-refractivity contribution is 0.155. The zero-order valence-electron chi connectivity index (χ0n) is 11.0. The molecule has 0 radical (unpaired) electrons. The average Bonchev–Trinajstić information content (AvgIpc) is 2.38. The van der Waals surface area contributed by atoms with E-state index in [-0.39, 0.29) is 23.2 Å². The van der Waals surface area contributed by atoms with Crippen LogP contribution in [0.5, 0.6) is 0 Å². The van der Waals surface area contributed by atoms with Gasteiger partial charge < -0.3 is 10.8 Å². The van der Waals surface area contributed by atoms with Gasteiger partial charge in [0, 0.05) is 12.6 Å². The Morgan fingerprint density at radius 1 is 1.42 bits per heavy atom. The second-order valence-electron chi connectivity index (χ2n) is 4.94. The first-order valence-electron chi connectivity index (χ1n) is 6.46. The highest BCUT2D eigenvalue weighted by molar-refractivity contribution is 7.89. The molecule has 1 saturated heterocycles. The van der Waals surface area contributed by atoms with Gasteiger partial charge in [0.2, 0.25) is 10.0 Å². The Hall–Kier alpha value is -1.11. The Kier molecular flexibility index (Phi) is 4.13. The number of sulfonamides is 1. The number of nitrogens with two attached hydrogens (primary N) is 1. The highest BCUT2D eigenvalue weighted by atomic mass is 32.2. The molecule has 1 aromatic rings. The molecule has 1 aromatic carbocycles. The molecule has 0 bridgehead atoms. The third-order valence-corrected chi connectivity index (χ3v) is 5.76. The molecular formula is C13H20N2O3S. The fraction of sp³-hybridized carbons (Fsp3) is 0.538. The quantitative estimate of drug-likeness (QED) is 0.815. The van der Waals surface area contributed by atoms with Crippen LogP contribution in [0.25, 0.3) is 0 Å². The summed E-state index contributed by atoms with van der Waals surface area (Å²) in [4.78, 5) is 0.176. The van der Waals surface area contributed by atoms with Gasteiger partial charge in [-0.25, -0.2) is 8.42 Å². The van der Waals surface area contributed by atoms with Gasteiger partial charge in [0.15, 0.2) is 0 Å². The van der Waals surface area contributed by atoms with Crippen molar-refractivity contribution >= 4 is 15.7 Å². The van der Waals surface area contributed by atoms with Crippen LogP contribution in [0.1, 0.15) is 24.8 Å². The molecule has 3 N–H and O–H groups in total. The molecule has 1 heterocycles. The molecular weight excluding hydrogens is 264 g/mol. The summed E-state index contributed by atoms with van der Waals surface area (Å²) in [5.74, 6) is 0. The van der Waals surface area contributed by atoms with Gasteiger partial charge in [-0.1, -0.05) is 18.6 Å². The number of benzene rings is 1. The van der Waals surface area contributed by atoms with E-state index in [4.69, 9.17) is 5.73 Å². The molecule has 1 fully saturated rings. The molecule has 106 valence electrons. The Morgan fingerprint density at radius 3 is 2.79 bits per heavy atom. The molecule has 1 aliphatic rings.